The lowest BCUT2D eigenvalue weighted by Gasteiger charge is -2.10. The summed E-state index contributed by atoms with van der Waals surface area (Å²) in [7, 11) is 1.72. The smallest absolute Gasteiger partial charge is 0.226 e. The topological polar surface area (TPSA) is 78.2 Å². The van der Waals surface area contributed by atoms with Crippen LogP contribution in [0.2, 0.25) is 0 Å². The van der Waals surface area contributed by atoms with Crippen LogP contribution in [0.5, 0.6) is 0 Å². The van der Waals surface area contributed by atoms with Gasteiger partial charge in [-0.2, -0.15) is 0 Å². The molecule has 0 bridgehead atoms. The summed E-state index contributed by atoms with van der Waals surface area (Å²) in [6.07, 6.45) is 4.35. The molecule has 2 aromatic carbocycles. The number of nitrogens with one attached hydrogen (secondary N) is 3. The van der Waals surface area contributed by atoms with Crippen LogP contribution in [0.25, 0.3) is 22.4 Å². The second-order valence-electron chi connectivity index (χ2n) is 6.62. The van der Waals surface area contributed by atoms with Crippen LogP contribution in [0, 0.1) is 5.82 Å². The van der Waals surface area contributed by atoms with E-state index >= 15 is 0 Å². The lowest BCUT2D eigenvalue weighted by atomic mass is 10.1. The summed E-state index contributed by atoms with van der Waals surface area (Å²) < 4.78 is 18.9. The van der Waals surface area contributed by atoms with Gasteiger partial charge in [0.1, 0.15) is 12.1 Å². The fraction of sp³-hybridized carbons (Fsp3) is 0.182. The van der Waals surface area contributed by atoms with Crippen molar-refractivity contribution in [3.05, 3.63) is 78.1 Å². The molecule has 2 heterocycles. The second kappa shape index (κ2) is 8.60. The van der Waals surface area contributed by atoms with Crippen molar-refractivity contribution < 1.29 is 8.81 Å². The number of fused-ring (bicyclic) bond motifs is 1. The van der Waals surface area contributed by atoms with Crippen molar-refractivity contribution in [1.29, 1.82) is 0 Å². The van der Waals surface area contributed by atoms with E-state index in [2.05, 4.69) is 25.6 Å². The quantitative estimate of drug-likeness (QED) is 0.344. The van der Waals surface area contributed by atoms with Crippen molar-refractivity contribution in [3.8, 4) is 11.5 Å². The first kappa shape index (κ1) is 18.7. The van der Waals surface area contributed by atoms with Gasteiger partial charge in [-0.15, -0.1) is 0 Å². The predicted molar refractivity (Wildman–Crippen MR) is 112 cm³/mol. The highest BCUT2D eigenvalue weighted by molar-refractivity contribution is 5.83. The summed E-state index contributed by atoms with van der Waals surface area (Å²) in [5.74, 6) is 1.04. The summed E-state index contributed by atoms with van der Waals surface area (Å²) in [5.41, 5.74) is 3.68. The molecule has 148 valence electrons. The van der Waals surface area contributed by atoms with E-state index in [4.69, 9.17) is 4.42 Å². The Kier molecular flexibility index (Phi) is 5.56. The highest BCUT2D eigenvalue weighted by atomic mass is 19.1. The molecular formula is C22H22FN5O. The fourth-order valence-electron chi connectivity index (χ4n) is 3.18. The minimum atomic E-state index is -0.239. The van der Waals surface area contributed by atoms with Crippen LogP contribution in [0.15, 0.2) is 70.4 Å². The van der Waals surface area contributed by atoms with Crippen molar-refractivity contribution in [2.45, 2.75) is 13.0 Å². The highest BCUT2D eigenvalue weighted by Gasteiger charge is 2.08. The summed E-state index contributed by atoms with van der Waals surface area (Å²) in [6.45, 7) is 1.19. The van der Waals surface area contributed by atoms with Crippen molar-refractivity contribution in [2.75, 3.05) is 13.6 Å². The highest BCUT2D eigenvalue weighted by Crippen LogP contribution is 2.19. The Morgan fingerprint density at radius 3 is 2.86 bits per heavy atom. The maximum atomic E-state index is 13.3. The molecule has 7 heteroatoms. The number of H-pyrrole nitrogens is 1. The molecule has 0 aliphatic rings. The largest absolute Gasteiger partial charge is 0.444 e. The van der Waals surface area contributed by atoms with Gasteiger partial charge >= 0.3 is 0 Å². The number of aliphatic imine (C=N–C) groups is 1. The van der Waals surface area contributed by atoms with Gasteiger partial charge in [0.2, 0.25) is 5.89 Å². The standard InChI is InChI=1S/C22H22FN5O/c1-24-22(25-10-9-16-12-26-20-11-17(23)7-8-19(16)20)27-13-18-14-29-21(28-18)15-5-3-2-4-6-15/h2-8,11-12,14,26H,9-10,13H2,1H3,(H2,24,25,27). The Morgan fingerprint density at radius 2 is 2.03 bits per heavy atom. The third kappa shape index (κ3) is 4.45. The molecule has 0 unspecified atom stereocenters. The van der Waals surface area contributed by atoms with Crippen LogP contribution in [-0.4, -0.2) is 29.5 Å². The number of rotatable bonds is 6. The van der Waals surface area contributed by atoms with Crippen LogP contribution in [0.3, 0.4) is 0 Å². The number of guanidine groups is 1. The predicted octanol–water partition coefficient (Wildman–Crippen LogP) is 3.87. The van der Waals surface area contributed by atoms with Crippen molar-refractivity contribution in [2.24, 2.45) is 4.99 Å². The third-order valence-corrected chi connectivity index (χ3v) is 4.65. The van der Waals surface area contributed by atoms with Crippen LogP contribution < -0.4 is 10.6 Å². The Balaban J connectivity index is 1.29. The molecule has 0 fully saturated rings. The zero-order valence-corrected chi connectivity index (χ0v) is 16.1. The molecule has 29 heavy (non-hydrogen) atoms. The number of oxazole rings is 1. The number of aromatic amines is 1. The average Bonchev–Trinajstić information content (AvgIpc) is 3.38. The number of benzene rings is 2. The Hall–Kier alpha value is -3.61. The number of nitrogens with zero attached hydrogens (tertiary/aromatic N) is 2. The maximum Gasteiger partial charge on any atom is 0.226 e. The zero-order chi connectivity index (χ0) is 20.1. The Morgan fingerprint density at radius 1 is 1.17 bits per heavy atom. The van der Waals surface area contributed by atoms with Crippen LogP contribution >= 0.6 is 0 Å². The molecule has 0 atom stereocenters. The van der Waals surface area contributed by atoms with Gasteiger partial charge in [0.15, 0.2) is 5.96 Å². The number of halogens is 1. The molecule has 0 saturated carbocycles. The Bertz CT molecular complexity index is 1120. The molecule has 4 aromatic rings. The summed E-state index contributed by atoms with van der Waals surface area (Å²) >= 11 is 0. The molecule has 0 spiro atoms. The first-order chi connectivity index (χ1) is 14.2. The van der Waals surface area contributed by atoms with Crippen molar-refractivity contribution >= 4 is 16.9 Å². The molecule has 0 radical (unpaired) electrons. The van der Waals surface area contributed by atoms with E-state index in [1.54, 1.807) is 19.4 Å². The van der Waals surface area contributed by atoms with Gasteiger partial charge in [-0.3, -0.25) is 4.99 Å². The minimum absolute atomic E-state index is 0.239. The van der Waals surface area contributed by atoms with E-state index in [1.165, 1.54) is 12.1 Å². The number of aromatic nitrogens is 2. The van der Waals surface area contributed by atoms with Gasteiger partial charge in [0.25, 0.3) is 0 Å². The first-order valence-corrected chi connectivity index (χ1v) is 9.43. The molecule has 4 rings (SSSR count). The van der Waals surface area contributed by atoms with Gasteiger partial charge in [-0.25, -0.2) is 9.37 Å². The van der Waals surface area contributed by atoms with Gasteiger partial charge in [0.05, 0.1) is 12.2 Å². The molecule has 2 aromatic heterocycles. The van der Waals surface area contributed by atoms with Gasteiger partial charge in [0, 0.05) is 36.3 Å². The van der Waals surface area contributed by atoms with E-state index in [1.807, 2.05) is 36.5 Å². The third-order valence-electron chi connectivity index (χ3n) is 4.65. The summed E-state index contributed by atoms with van der Waals surface area (Å²) in [6, 6.07) is 14.6. The van der Waals surface area contributed by atoms with Crippen molar-refractivity contribution in [3.63, 3.8) is 0 Å². The maximum absolute atomic E-state index is 13.3. The molecule has 0 saturated heterocycles. The average molecular weight is 391 g/mol. The monoisotopic (exact) mass is 391 g/mol. The molecule has 6 nitrogen and oxygen atoms in total. The van der Waals surface area contributed by atoms with Gasteiger partial charge in [-0.05, 0) is 42.3 Å². The fourth-order valence-corrected chi connectivity index (χ4v) is 3.18. The SMILES string of the molecule is CN=C(NCCc1c[nH]c2cc(F)ccc12)NCc1coc(-c2ccccc2)n1. The van der Waals surface area contributed by atoms with E-state index < -0.39 is 0 Å². The van der Waals surface area contributed by atoms with E-state index in [9.17, 15) is 4.39 Å². The van der Waals surface area contributed by atoms with E-state index in [0.29, 0.717) is 24.9 Å². The van der Waals surface area contributed by atoms with Crippen molar-refractivity contribution in [1.82, 2.24) is 20.6 Å². The lowest BCUT2D eigenvalue weighted by molar-refractivity contribution is 0.572. The van der Waals surface area contributed by atoms with E-state index in [0.717, 1.165) is 34.1 Å². The second-order valence-corrected chi connectivity index (χ2v) is 6.62. The Labute approximate surface area is 167 Å². The molecule has 0 amide bonds. The first-order valence-electron chi connectivity index (χ1n) is 9.43. The normalized spacial score (nSPS) is 11.7. The number of hydrogen-bond donors (Lipinski definition) is 3. The minimum Gasteiger partial charge on any atom is -0.444 e. The van der Waals surface area contributed by atoms with Crippen LogP contribution in [0.1, 0.15) is 11.3 Å². The van der Waals surface area contributed by atoms with Crippen LogP contribution in [0.4, 0.5) is 4.39 Å². The van der Waals surface area contributed by atoms with E-state index in [-0.39, 0.29) is 5.82 Å². The number of hydrogen-bond acceptors (Lipinski definition) is 3. The van der Waals surface area contributed by atoms with Gasteiger partial charge in [-0.1, -0.05) is 18.2 Å². The molecular weight excluding hydrogens is 369 g/mol. The summed E-state index contributed by atoms with van der Waals surface area (Å²) in [5, 5.41) is 7.55. The molecule has 3 N–H and O–H groups in total. The molecule has 0 aliphatic carbocycles. The lowest BCUT2D eigenvalue weighted by Crippen LogP contribution is -2.37. The molecule has 0 aliphatic heterocycles. The van der Waals surface area contributed by atoms with Gasteiger partial charge < -0.3 is 20.0 Å². The summed E-state index contributed by atoms with van der Waals surface area (Å²) in [4.78, 5) is 11.9. The zero-order valence-electron chi connectivity index (χ0n) is 16.1. The van der Waals surface area contributed by atoms with Crippen LogP contribution in [-0.2, 0) is 13.0 Å².